The van der Waals surface area contributed by atoms with E-state index in [4.69, 9.17) is 4.74 Å². The van der Waals surface area contributed by atoms with E-state index in [1.165, 1.54) is 0 Å². The third-order valence-electron chi connectivity index (χ3n) is 4.07. The standard InChI is InChI=1S/C18H16N4O3/c23-17(20-22-12-19-13-5-1-2-6-14(13)22)9-10-21-15-7-3-4-8-16(15)25-11-18(21)24/h1-8,12H,9-11H2,(H,20,23). The lowest BCUT2D eigenvalue weighted by molar-refractivity contribution is -0.121. The number of benzene rings is 2. The van der Waals surface area contributed by atoms with E-state index in [2.05, 4.69) is 10.4 Å². The Labute approximate surface area is 143 Å². The fraction of sp³-hybridized carbons (Fsp3) is 0.167. The van der Waals surface area contributed by atoms with Crippen LogP contribution in [0.25, 0.3) is 11.0 Å². The molecule has 126 valence electrons. The number of ether oxygens (including phenoxy) is 1. The first-order valence-electron chi connectivity index (χ1n) is 7.96. The zero-order valence-electron chi connectivity index (χ0n) is 13.4. The topological polar surface area (TPSA) is 76.5 Å². The molecule has 0 saturated heterocycles. The van der Waals surface area contributed by atoms with E-state index in [1.807, 2.05) is 48.5 Å². The van der Waals surface area contributed by atoms with Crippen LogP contribution in [0.5, 0.6) is 5.75 Å². The molecule has 2 heterocycles. The van der Waals surface area contributed by atoms with Gasteiger partial charge in [-0.1, -0.05) is 24.3 Å². The Balaban J connectivity index is 1.45. The van der Waals surface area contributed by atoms with Crippen LogP contribution in [0.15, 0.2) is 54.9 Å². The zero-order valence-corrected chi connectivity index (χ0v) is 13.4. The molecule has 1 aromatic heterocycles. The maximum Gasteiger partial charge on any atom is 0.265 e. The van der Waals surface area contributed by atoms with E-state index in [1.54, 1.807) is 15.9 Å². The third-order valence-corrected chi connectivity index (χ3v) is 4.07. The molecule has 1 N–H and O–H groups in total. The summed E-state index contributed by atoms with van der Waals surface area (Å²) in [5, 5.41) is 0. The van der Waals surface area contributed by atoms with Gasteiger partial charge in [-0.25, -0.2) is 9.66 Å². The number of anilines is 1. The summed E-state index contributed by atoms with van der Waals surface area (Å²) in [5.41, 5.74) is 5.11. The second-order valence-electron chi connectivity index (χ2n) is 5.69. The zero-order chi connectivity index (χ0) is 17.2. The third kappa shape index (κ3) is 2.91. The molecule has 0 saturated carbocycles. The number of fused-ring (bicyclic) bond motifs is 2. The fourth-order valence-electron chi connectivity index (χ4n) is 2.85. The van der Waals surface area contributed by atoms with Gasteiger partial charge in [-0.05, 0) is 24.3 Å². The molecule has 3 aromatic rings. The van der Waals surface area contributed by atoms with Gasteiger partial charge in [0.15, 0.2) is 6.61 Å². The number of carbonyl (C=O) groups excluding carboxylic acids is 2. The minimum Gasteiger partial charge on any atom is -0.482 e. The number of carbonyl (C=O) groups is 2. The van der Waals surface area contributed by atoms with Crippen molar-refractivity contribution in [3.05, 3.63) is 54.9 Å². The van der Waals surface area contributed by atoms with Crippen molar-refractivity contribution in [3.63, 3.8) is 0 Å². The molecular formula is C18H16N4O3. The highest BCUT2D eigenvalue weighted by Gasteiger charge is 2.25. The maximum atomic E-state index is 12.3. The number of imidazole rings is 1. The summed E-state index contributed by atoms with van der Waals surface area (Å²) >= 11 is 0. The summed E-state index contributed by atoms with van der Waals surface area (Å²) < 4.78 is 6.99. The molecule has 7 heteroatoms. The molecular weight excluding hydrogens is 320 g/mol. The Morgan fingerprint density at radius 3 is 2.88 bits per heavy atom. The van der Waals surface area contributed by atoms with Crippen LogP contribution < -0.4 is 15.1 Å². The number of hydrogen-bond acceptors (Lipinski definition) is 4. The lowest BCUT2D eigenvalue weighted by Gasteiger charge is -2.29. The molecule has 25 heavy (non-hydrogen) atoms. The summed E-state index contributed by atoms with van der Waals surface area (Å²) in [6.45, 7) is 0.280. The highest BCUT2D eigenvalue weighted by molar-refractivity contribution is 5.98. The van der Waals surface area contributed by atoms with Crippen LogP contribution in [-0.4, -0.2) is 34.6 Å². The Hall–Kier alpha value is -3.35. The first-order chi connectivity index (χ1) is 12.2. The molecule has 1 aliphatic rings. The predicted octanol–water partition coefficient (Wildman–Crippen LogP) is 1.92. The Kier molecular flexibility index (Phi) is 3.81. The number of hydrogen-bond donors (Lipinski definition) is 1. The van der Waals surface area contributed by atoms with Crippen molar-refractivity contribution in [2.75, 3.05) is 23.5 Å². The molecule has 4 rings (SSSR count). The molecule has 0 radical (unpaired) electrons. The first-order valence-corrected chi connectivity index (χ1v) is 7.96. The monoisotopic (exact) mass is 336 g/mol. The average Bonchev–Trinajstić information content (AvgIpc) is 3.04. The molecule has 0 spiro atoms. The van der Waals surface area contributed by atoms with E-state index in [0.29, 0.717) is 11.4 Å². The van der Waals surface area contributed by atoms with Crippen molar-refractivity contribution in [2.24, 2.45) is 0 Å². The van der Waals surface area contributed by atoms with Crippen LogP contribution in [0, 0.1) is 0 Å². The van der Waals surface area contributed by atoms with Crippen molar-refractivity contribution in [3.8, 4) is 5.75 Å². The minimum absolute atomic E-state index is 0.00914. The normalized spacial score (nSPS) is 13.4. The molecule has 7 nitrogen and oxygen atoms in total. The number of amides is 2. The smallest absolute Gasteiger partial charge is 0.265 e. The van der Waals surface area contributed by atoms with Gasteiger partial charge in [-0.2, -0.15) is 0 Å². The molecule has 0 unspecified atom stereocenters. The van der Waals surface area contributed by atoms with Crippen molar-refractivity contribution in [1.82, 2.24) is 9.66 Å². The molecule has 0 bridgehead atoms. The van der Waals surface area contributed by atoms with Gasteiger partial charge in [-0.15, -0.1) is 0 Å². The molecule has 0 atom stereocenters. The van der Waals surface area contributed by atoms with Crippen LogP contribution in [0.3, 0.4) is 0 Å². The van der Waals surface area contributed by atoms with Gasteiger partial charge in [0.25, 0.3) is 5.91 Å². The minimum atomic E-state index is -0.195. The van der Waals surface area contributed by atoms with Crippen LogP contribution >= 0.6 is 0 Å². The second-order valence-corrected chi connectivity index (χ2v) is 5.69. The molecule has 0 aliphatic carbocycles. The predicted molar refractivity (Wildman–Crippen MR) is 93.0 cm³/mol. The second kappa shape index (κ2) is 6.27. The average molecular weight is 336 g/mol. The summed E-state index contributed by atoms with van der Waals surface area (Å²) in [5.74, 6) is 0.308. The van der Waals surface area contributed by atoms with Gasteiger partial charge in [-0.3, -0.25) is 15.0 Å². The quantitative estimate of drug-likeness (QED) is 0.790. The van der Waals surface area contributed by atoms with Gasteiger partial charge in [0.05, 0.1) is 16.7 Å². The van der Waals surface area contributed by atoms with E-state index in [-0.39, 0.29) is 31.4 Å². The van der Waals surface area contributed by atoms with Crippen molar-refractivity contribution in [2.45, 2.75) is 6.42 Å². The van der Waals surface area contributed by atoms with Crippen molar-refractivity contribution in [1.29, 1.82) is 0 Å². The Morgan fingerprint density at radius 1 is 1.16 bits per heavy atom. The van der Waals surface area contributed by atoms with Crippen LogP contribution in [0.4, 0.5) is 5.69 Å². The van der Waals surface area contributed by atoms with E-state index >= 15 is 0 Å². The largest absolute Gasteiger partial charge is 0.482 e. The molecule has 2 amide bonds. The summed E-state index contributed by atoms with van der Waals surface area (Å²) in [6, 6.07) is 14.8. The number of aromatic nitrogens is 2. The summed E-state index contributed by atoms with van der Waals surface area (Å²) in [4.78, 5) is 30.2. The number of para-hydroxylation sites is 4. The highest BCUT2D eigenvalue weighted by Crippen LogP contribution is 2.31. The Bertz CT molecular complexity index is 950. The molecule has 1 aliphatic heterocycles. The van der Waals surface area contributed by atoms with E-state index in [9.17, 15) is 9.59 Å². The van der Waals surface area contributed by atoms with Gasteiger partial charge in [0.2, 0.25) is 5.91 Å². The van der Waals surface area contributed by atoms with Crippen LogP contribution in [0.2, 0.25) is 0 Å². The maximum absolute atomic E-state index is 12.3. The lowest BCUT2D eigenvalue weighted by Crippen LogP contribution is -2.40. The van der Waals surface area contributed by atoms with Gasteiger partial charge in [0, 0.05) is 13.0 Å². The summed E-state index contributed by atoms with van der Waals surface area (Å²) in [6.07, 6.45) is 1.74. The van der Waals surface area contributed by atoms with E-state index < -0.39 is 0 Å². The van der Waals surface area contributed by atoms with Crippen LogP contribution in [0.1, 0.15) is 6.42 Å². The fourth-order valence-corrected chi connectivity index (χ4v) is 2.85. The Morgan fingerprint density at radius 2 is 1.96 bits per heavy atom. The molecule has 2 aromatic carbocycles. The van der Waals surface area contributed by atoms with Crippen LogP contribution in [-0.2, 0) is 9.59 Å². The van der Waals surface area contributed by atoms with Gasteiger partial charge < -0.3 is 9.64 Å². The molecule has 0 fully saturated rings. The lowest BCUT2D eigenvalue weighted by atomic mass is 10.2. The number of nitrogens with one attached hydrogen (secondary N) is 1. The summed E-state index contributed by atoms with van der Waals surface area (Å²) in [7, 11) is 0. The van der Waals surface area contributed by atoms with Crippen molar-refractivity contribution >= 4 is 28.5 Å². The SMILES string of the molecule is O=C(CCN1C(=O)COc2ccccc21)Nn1cnc2ccccc21. The van der Waals surface area contributed by atoms with E-state index in [0.717, 1.165) is 11.0 Å². The van der Waals surface area contributed by atoms with Crippen molar-refractivity contribution < 1.29 is 14.3 Å². The van der Waals surface area contributed by atoms with Gasteiger partial charge >= 0.3 is 0 Å². The number of rotatable bonds is 4. The van der Waals surface area contributed by atoms with Gasteiger partial charge in [0.1, 0.15) is 12.1 Å². The number of nitrogens with zero attached hydrogens (tertiary/aromatic N) is 3. The highest BCUT2D eigenvalue weighted by atomic mass is 16.5. The first kappa shape index (κ1) is 15.2.